The number of pyridine rings is 1. The van der Waals surface area contributed by atoms with Gasteiger partial charge in [-0.3, -0.25) is 4.79 Å². The Kier molecular flexibility index (Phi) is 5.24. The molecule has 0 spiro atoms. The Morgan fingerprint density at radius 1 is 1.20 bits per heavy atom. The van der Waals surface area contributed by atoms with E-state index in [-0.39, 0.29) is 5.91 Å². The minimum Gasteiger partial charge on any atom is -0.467 e. The fourth-order valence-electron chi connectivity index (χ4n) is 2.47. The number of aromatic nitrogens is 1. The minimum absolute atomic E-state index is 0.0719. The van der Waals surface area contributed by atoms with E-state index in [1.165, 1.54) is 22.9 Å². The first kappa shape index (κ1) is 17.3. The van der Waals surface area contributed by atoms with Crippen LogP contribution in [0.4, 0.5) is 0 Å². The number of rotatable bonds is 5. The summed E-state index contributed by atoms with van der Waals surface area (Å²) in [6.07, 6.45) is 3.33. The van der Waals surface area contributed by atoms with E-state index in [2.05, 4.69) is 37.0 Å². The first-order valence-electron chi connectivity index (χ1n) is 8.02. The molecule has 3 aromatic rings. The van der Waals surface area contributed by atoms with Gasteiger partial charge in [-0.25, -0.2) is 4.98 Å². The lowest BCUT2D eigenvalue weighted by atomic mass is 10.2. The van der Waals surface area contributed by atoms with Crippen LogP contribution in [0.25, 0.3) is 0 Å². The van der Waals surface area contributed by atoms with Crippen molar-refractivity contribution in [3.05, 3.63) is 77.4 Å². The second-order valence-corrected chi connectivity index (χ2v) is 7.00. The summed E-state index contributed by atoms with van der Waals surface area (Å²) in [5.74, 6) is 0.681. The van der Waals surface area contributed by atoms with Crippen LogP contribution in [0.1, 0.15) is 27.2 Å². The molecule has 0 aliphatic carbocycles. The van der Waals surface area contributed by atoms with Crippen LogP contribution >= 0.6 is 11.8 Å². The number of furan rings is 1. The highest BCUT2D eigenvalue weighted by atomic mass is 32.2. The van der Waals surface area contributed by atoms with Crippen molar-refractivity contribution in [2.45, 2.75) is 30.3 Å². The van der Waals surface area contributed by atoms with E-state index in [0.29, 0.717) is 17.1 Å². The first-order valence-corrected chi connectivity index (χ1v) is 8.84. The van der Waals surface area contributed by atoms with Crippen molar-refractivity contribution in [1.29, 1.82) is 0 Å². The van der Waals surface area contributed by atoms with Gasteiger partial charge >= 0.3 is 0 Å². The largest absolute Gasteiger partial charge is 0.467 e. The van der Waals surface area contributed by atoms with Crippen molar-refractivity contribution in [2.75, 3.05) is 7.05 Å². The smallest absolute Gasteiger partial charge is 0.256 e. The molecule has 0 aliphatic rings. The van der Waals surface area contributed by atoms with Crippen LogP contribution < -0.4 is 0 Å². The van der Waals surface area contributed by atoms with E-state index < -0.39 is 0 Å². The number of nitrogens with zero attached hydrogens (tertiary/aromatic N) is 2. The van der Waals surface area contributed by atoms with Crippen LogP contribution in [0, 0.1) is 13.8 Å². The molecular weight excluding hydrogens is 332 g/mol. The van der Waals surface area contributed by atoms with E-state index in [1.54, 1.807) is 30.5 Å². The average molecular weight is 352 g/mol. The number of hydrogen-bond donors (Lipinski definition) is 0. The molecule has 128 valence electrons. The van der Waals surface area contributed by atoms with Gasteiger partial charge in [0, 0.05) is 18.1 Å². The number of aryl methyl sites for hydroxylation is 2. The van der Waals surface area contributed by atoms with E-state index in [4.69, 9.17) is 4.42 Å². The Hall–Kier alpha value is -2.53. The summed E-state index contributed by atoms with van der Waals surface area (Å²) < 4.78 is 5.33. The van der Waals surface area contributed by atoms with Gasteiger partial charge in [-0.15, -0.1) is 0 Å². The second kappa shape index (κ2) is 7.57. The molecule has 4 nitrogen and oxygen atoms in total. The summed E-state index contributed by atoms with van der Waals surface area (Å²) >= 11 is 1.53. The van der Waals surface area contributed by atoms with E-state index >= 15 is 0 Å². The number of amides is 1. The summed E-state index contributed by atoms with van der Waals surface area (Å²) in [5, 5.41) is 0.715. The topological polar surface area (TPSA) is 46.3 Å². The van der Waals surface area contributed by atoms with Crippen molar-refractivity contribution < 1.29 is 9.21 Å². The molecule has 2 aromatic heterocycles. The Labute approximate surface area is 151 Å². The monoisotopic (exact) mass is 352 g/mol. The highest BCUT2D eigenvalue weighted by Crippen LogP contribution is 2.32. The number of carbonyl (C=O) groups is 1. The van der Waals surface area contributed by atoms with Gasteiger partial charge in [0.2, 0.25) is 0 Å². The van der Waals surface area contributed by atoms with E-state index in [1.807, 2.05) is 18.2 Å². The van der Waals surface area contributed by atoms with Gasteiger partial charge in [-0.05, 0) is 55.3 Å². The number of benzene rings is 1. The maximum atomic E-state index is 12.9. The van der Waals surface area contributed by atoms with Gasteiger partial charge < -0.3 is 9.32 Å². The molecule has 3 rings (SSSR count). The summed E-state index contributed by atoms with van der Waals surface area (Å²) in [4.78, 5) is 20.1. The molecule has 2 heterocycles. The third-order valence-electron chi connectivity index (χ3n) is 3.87. The molecule has 1 amide bonds. The average Bonchev–Trinajstić information content (AvgIpc) is 3.11. The quantitative estimate of drug-likeness (QED) is 0.667. The zero-order chi connectivity index (χ0) is 17.8. The Morgan fingerprint density at radius 3 is 2.80 bits per heavy atom. The minimum atomic E-state index is -0.0719. The molecule has 0 radical (unpaired) electrons. The van der Waals surface area contributed by atoms with Gasteiger partial charge in [0.15, 0.2) is 0 Å². The van der Waals surface area contributed by atoms with Crippen molar-refractivity contribution in [1.82, 2.24) is 9.88 Å². The molecule has 0 saturated carbocycles. The van der Waals surface area contributed by atoms with Crippen LogP contribution in [-0.2, 0) is 6.54 Å². The summed E-state index contributed by atoms with van der Waals surface area (Å²) in [5.41, 5.74) is 2.96. The van der Waals surface area contributed by atoms with E-state index in [0.717, 1.165) is 10.7 Å². The van der Waals surface area contributed by atoms with Gasteiger partial charge in [0.25, 0.3) is 5.91 Å². The summed E-state index contributed by atoms with van der Waals surface area (Å²) in [6, 6.07) is 13.6. The highest BCUT2D eigenvalue weighted by Gasteiger charge is 2.18. The third kappa shape index (κ3) is 4.12. The first-order chi connectivity index (χ1) is 12.0. The molecule has 0 N–H and O–H groups in total. The molecular formula is C20H20N2O2S. The fourth-order valence-corrected chi connectivity index (χ4v) is 3.53. The summed E-state index contributed by atoms with van der Waals surface area (Å²) in [6.45, 7) is 4.55. The van der Waals surface area contributed by atoms with Gasteiger partial charge in [-0.2, -0.15) is 0 Å². The predicted octanol–water partition coefficient (Wildman–Crippen LogP) is 4.71. The van der Waals surface area contributed by atoms with Crippen LogP contribution in [0.3, 0.4) is 0 Å². The predicted molar refractivity (Wildman–Crippen MR) is 98.8 cm³/mol. The molecule has 5 heteroatoms. The van der Waals surface area contributed by atoms with Crippen LogP contribution in [-0.4, -0.2) is 22.8 Å². The molecule has 0 aliphatic heterocycles. The van der Waals surface area contributed by atoms with Gasteiger partial charge in [0.1, 0.15) is 10.8 Å². The van der Waals surface area contributed by atoms with Crippen molar-refractivity contribution in [2.24, 2.45) is 0 Å². The van der Waals surface area contributed by atoms with Crippen molar-refractivity contribution >= 4 is 17.7 Å². The van der Waals surface area contributed by atoms with Crippen LogP contribution in [0.15, 0.2) is 69.3 Å². The van der Waals surface area contributed by atoms with Crippen LogP contribution in [0.5, 0.6) is 0 Å². The normalized spacial score (nSPS) is 10.7. The van der Waals surface area contributed by atoms with E-state index in [9.17, 15) is 4.79 Å². The van der Waals surface area contributed by atoms with Gasteiger partial charge in [0.05, 0.1) is 18.4 Å². The molecule has 1 aromatic carbocycles. The zero-order valence-corrected chi connectivity index (χ0v) is 15.3. The maximum absolute atomic E-state index is 12.9. The lowest BCUT2D eigenvalue weighted by Crippen LogP contribution is -2.26. The molecule has 0 bridgehead atoms. The SMILES string of the molecule is Cc1ccc(C)c(Sc2ncccc2C(=O)N(C)Cc2ccco2)c1. The molecule has 25 heavy (non-hydrogen) atoms. The van der Waals surface area contributed by atoms with Crippen molar-refractivity contribution in [3.63, 3.8) is 0 Å². The lowest BCUT2D eigenvalue weighted by molar-refractivity contribution is 0.0771. The van der Waals surface area contributed by atoms with Gasteiger partial charge in [-0.1, -0.05) is 23.9 Å². The Bertz CT molecular complexity index is 875. The van der Waals surface area contributed by atoms with Crippen molar-refractivity contribution in [3.8, 4) is 0 Å². The molecule has 0 saturated heterocycles. The molecule has 0 fully saturated rings. The second-order valence-electron chi connectivity index (χ2n) is 5.97. The standard InChI is InChI=1S/C20H20N2O2S/c1-14-8-9-15(2)18(12-14)25-19-17(7-4-10-21-19)20(23)22(3)13-16-6-5-11-24-16/h4-12H,13H2,1-3H3. The summed E-state index contributed by atoms with van der Waals surface area (Å²) in [7, 11) is 1.77. The fraction of sp³-hybridized carbons (Fsp3) is 0.200. The lowest BCUT2D eigenvalue weighted by Gasteiger charge is -2.17. The third-order valence-corrected chi connectivity index (χ3v) is 5.05. The van der Waals surface area contributed by atoms with Crippen LogP contribution in [0.2, 0.25) is 0 Å². The highest BCUT2D eigenvalue weighted by molar-refractivity contribution is 7.99. The molecule has 0 atom stereocenters. The number of carbonyl (C=O) groups excluding carboxylic acids is 1. The molecule has 0 unspecified atom stereocenters. The Morgan fingerprint density at radius 2 is 2.04 bits per heavy atom. The zero-order valence-electron chi connectivity index (χ0n) is 14.5. The number of hydrogen-bond acceptors (Lipinski definition) is 4. The maximum Gasteiger partial charge on any atom is 0.256 e. The Balaban J connectivity index is 1.85.